The number of hydrogen-bond donors (Lipinski definition) is 2. The van der Waals surface area contributed by atoms with Crippen LogP contribution in [0.3, 0.4) is 0 Å². The molecule has 0 aliphatic carbocycles. The van der Waals surface area contributed by atoms with Crippen LogP contribution in [0.2, 0.25) is 0 Å². The van der Waals surface area contributed by atoms with Crippen molar-refractivity contribution in [1.82, 2.24) is 14.9 Å². The summed E-state index contributed by atoms with van der Waals surface area (Å²) in [4.78, 5) is 26.2. The van der Waals surface area contributed by atoms with Crippen LogP contribution in [0.15, 0.2) is 42.9 Å². The number of hydrogen-bond acceptors (Lipinski definition) is 7. The lowest BCUT2D eigenvalue weighted by Crippen LogP contribution is -2.44. The van der Waals surface area contributed by atoms with E-state index in [4.69, 9.17) is 4.74 Å². The van der Waals surface area contributed by atoms with E-state index < -0.39 is 0 Å². The number of ether oxygens (including phenoxy) is 1. The molecule has 0 unspecified atom stereocenters. The van der Waals surface area contributed by atoms with Crippen molar-refractivity contribution in [3.63, 3.8) is 0 Å². The van der Waals surface area contributed by atoms with E-state index in [1.165, 1.54) is 5.69 Å². The maximum absolute atomic E-state index is 12.9. The molecule has 2 aliphatic rings. The van der Waals surface area contributed by atoms with Gasteiger partial charge >= 0.3 is 0 Å². The summed E-state index contributed by atoms with van der Waals surface area (Å²) in [5.74, 6) is 1.05. The fourth-order valence-corrected chi connectivity index (χ4v) is 3.94. The van der Waals surface area contributed by atoms with Crippen LogP contribution in [-0.2, 0) is 0 Å². The zero-order valence-electron chi connectivity index (χ0n) is 16.9. The van der Waals surface area contributed by atoms with Gasteiger partial charge in [0.2, 0.25) is 0 Å². The molecule has 2 aromatic heterocycles. The third-order valence-corrected chi connectivity index (χ3v) is 5.65. The van der Waals surface area contributed by atoms with Crippen molar-refractivity contribution < 1.29 is 9.53 Å². The van der Waals surface area contributed by atoms with Crippen molar-refractivity contribution in [3.05, 3.63) is 48.4 Å². The predicted octanol–water partition coefficient (Wildman–Crippen LogP) is 2.44. The first kappa shape index (κ1) is 18.6. The second-order valence-corrected chi connectivity index (χ2v) is 7.64. The van der Waals surface area contributed by atoms with Gasteiger partial charge in [-0.25, -0.2) is 4.98 Å². The summed E-state index contributed by atoms with van der Waals surface area (Å²) in [5, 5.41) is 8.19. The molecule has 3 aromatic rings. The molecule has 2 N–H and O–H groups in total. The number of aromatic nitrogens is 2. The van der Waals surface area contributed by atoms with Gasteiger partial charge in [0, 0.05) is 61.2 Å². The number of carbonyl (C=O) groups excluding carboxylic acids is 1. The van der Waals surface area contributed by atoms with Gasteiger partial charge in [0.1, 0.15) is 6.61 Å². The van der Waals surface area contributed by atoms with E-state index in [0.717, 1.165) is 42.6 Å². The Balaban J connectivity index is 1.44. The fraction of sp³-hybridized carbons (Fsp3) is 0.318. The Labute approximate surface area is 174 Å². The molecule has 5 rings (SSSR count). The first-order valence-corrected chi connectivity index (χ1v) is 10.2. The van der Waals surface area contributed by atoms with E-state index in [9.17, 15) is 4.79 Å². The van der Waals surface area contributed by atoms with Crippen LogP contribution in [0.4, 0.5) is 17.2 Å². The van der Waals surface area contributed by atoms with Crippen molar-refractivity contribution in [3.8, 4) is 5.75 Å². The summed E-state index contributed by atoms with van der Waals surface area (Å²) in [5.41, 5.74) is 2.36. The minimum Gasteiger partial charge on any atom is -0.488 e. The molecule has 2 aliphatic heterocycles. The predicted molar refractivity (Wildman–Crippen MR) is 118 cm³/mol. The lowest BCUT2D eigenvalue weighted by Gasteiger charge is -2.34. The molecule has 0 saturated carbocycles. The Kier molecular flexibility index (Phi) is 4.84. The smallest absolute Gasteiger partial charge is 0.257 e. The van der Waals surface area contributed by atoms with Gasteiger partial charge in [-0.1, -0.05) is 0 Å². The van der Waals surface area contributed by atoms with Gasteiger partial charge in [0.25, 0.3) is 5.91 Å². The highest BCUT2D eigenvalue weighted by Crippen LogP contribution is 2.33. The lowest BCUT2D eigenvalue weighted by atomic mass is 10.1. The maximum atomic E-state index is 12.9. The molecule has 1 fully saturated rings. The van der Waals surface area contributed by atoms with E-state index in [2.05, 4.69) is 43.5 Å². The minimum absolute atomic E-state index is 0.225. The number of benzene rings is 1. The van der Waals surface area contributed by atoms with Crippen molar-refractivity contribution in [1.29, 1.82) is 0 Å². The number of nitrogens with zero attached hydrogens (tertiary/aromatic N) is 4. The van der Waals surface area contributed by atoms with Crippen LogP contribution in [0.1, 0.15) is 10.4 Å². The molecule has 154 valence electrons. The monoisotopic (exact) mass is 404 g/mol. The average molecular weight is 404 g/mol. The Hall–Kier alpha value is -3.39. The second kappa shape index (κ2) is 7.79. The molecule has 0 radical (unpaired) electrons. The number of likely N-dealkylation sites (N-methyl/N-ethyl adjacent to an activating group) is 1. The molecule has 0 spiro atoms. The zero-order chi connectivity index (χ0) is 20.5. The SMILES string of the molecule is CN1CCN(c2ccc(NC(=O)c3cnc4c(c3)OCCN4)c3cnccc23)CC1. The Morgan fingerprint density at radius 3 is 2.87 bits per heavy atom. The van der Waals surface area contributed by atoms with Crippen LogP contribution < -0.4 is 20.3 Å². The van der Waals surface area contributed by atoms with Gasteiger partial charge in [0.05, 0.1) is 17.8 Å². The Morgan fingerprint density at radius 2 is 2.00 bits per heavy atom. The first-order chi connectivity index (χ1) is 14.7. The largest absolute Gasteiger partial charge is 0.488 e. The van der Waals surface area contributed by atoms with Gasteiger partial charge in [-0.2, -0.15) is 0 Å². The highest BCUT2D eigenvalue weighted by molar-refractivity contribution is 6.11. The van der Waals surface area contributed by atoms with E-state index in [1.807, 2.05) is 18.3 Å². The Morgan fingerprint density at radius 1 is 1.13 bits per heavy atom. The molecule has 8 heteroatoms. The van der Waals surface area contributed by atoms with Crippen LogP contribution >= 0.6 is 0 Å². The first-order valence-electron chi connectivity index (χ1n) is 10.2. The molecule has 1 saturated heterocycles. The molecule has 30 heavy (non-hydrogen) atoms. The summed E-state index contributed by atoms with van der Waals surface area (Å²) < 4.78 is 5.60. The van der Waals surface area contributed by atoms with Gasteiger partial charge in [0.15, 0.2) is 11.6 Å². The van der Waals surface area contributed by atoms with Crippen molar-refractivity contribution in [2.45, 2.75) is 0 Å². The van der Waals surface area contributed by atoms with Crippen molar-refractivity contribution >= 4 is 33.9 Å². The number of piperazine rings is 1. The van der Waals surface area contributed by atoms with Crippen LogP contribution in [0.25, 0.3) is 10.8 Å². The van der Waals surface area contributed by atoms with Gasteiger partial charge in [-0.05, 0) is 31.3 Å². The van der Waals surface area contributed by atoms with Crippen LogP contribution in [0, 0.1) is 0 Å². The van der Waals surface area contributed by atoms with Crippen LogP contribution in [-0.4, -0.2) is 67.2 Å². The quantitative estimate of drug-likeness (QED) is 0.694. The molecule has 4 heterocycles. The van der Waals surface area contributed by atoms with E-state index in [1.54, 1.807) is 18.5 Å². The molecule has 8 nitrogen and oxygen atoms in total. The number of nitrogens with one attached hydrogen (secondary N) is 2. The second-order valence-electron chi connectivity index (χ2n) is 7.64. The summed E-state index contributed by atoms with van der Waals surface area (Å²) >= 11 is 0. The van der Waals surface area contributed by atoms with Gasteiger partial charge < -0.3 is 25.2 Å². The number of carbonyl (C=O) groups is 1. The summed E-state index contributed by atoms with van der Waals surface area (Å²) in [6.07, 6.45) is 5.17. The topological polar surface area (TPSA) is 82.6 Å². The normalized spacial score (nSPS) is 16.5. The van der Waals surface area contributed by atoms with Crippen molar-refractivity contribution in [2.75, 3.05) is 61.9 Å². The number of anilines is 3. The Bertz CT molecular complexity index is 1090. The third-order valence-electron chi connectivity index (χ3n) is 5.65. The molecular formula is C22H24N6O2. The highest BCUT2D eigenvalue weighted by atomic mass is 16.5. The summed E-state index contributed by atoms with van der Waals surface area (Å²) in [6.45, 7) is 5.30. The molecule has 1 aromatic carbocycles. The fourth-order valence-electron chi connectivity index (χ4n) is 3.94. The maximum Gasteiger partial charge on any atom is 0.257 e. The zero-order valence-corrected chi connectivity index (χ0v) is 16.9. The summed E-state index contributed by atoms with van der Waals surface area (Å²) in [6, 6.07) is 7.78. The van der Waals surface area contributed by atoms with E-state index in [0.29, 0.717) is 30.3 Å². The number of fused-ring (bicyclic) bond motifs is 2. The van der Waals surface area contributed by atoms with E-state index >= 15 is 0 Å². The minimum atomic E-state index is -0.225. The average Bonchev–Trinajstić information content (AvgIpc) is 2.79. The highest BCUT2D eigenvalue weighted by Gasteiger charge is 2.19. The number of rotatable bonds is 3. The third kappa shape index (κ3) is 3.50. The van der Waals surface area contributed by atoms with Gasteiger partial charge in [-0.3, -0.25) is 9.78 Å². The van der Waals surface area contributed by atoms with Gasteiger partial charge in [-0.15, -0.1) is 0 Å². The van der Waals surface area contributed by atoms with E-state index in [-0.39, 0.29) is 5.91 Å². The molecular weight excluding hydrogens is 380 g/mol. The number of amides is 1. The van der Waals surface area contributed by atoms with Crippen molar-refractivity contribution in [2.24, 2.45) is 0 Å². The summed E-state index contributed by atoms with van der Waals surface area (Å²) in [7, 11) is 2.15. The molecule has 0 bridgehead atoms. The molecule has 1 amide bonds. The van der Waals surface area contributed by atoms with Crippen LogP contribution in [0.5, 0.6) is 5.75 Å². The lowest BCUT2D eigenvalue weighted by molar-refractivity contribution is 0.102. The standard InChI is InChI=1S/C22H24N6O2/c1-27-7-9-28(10-8-27)19-3-2-18(17-14-23-5-4-16(17)19)26-22(29)15-12-20-21(25-13-15)24-6-11-30-20/h2-5,12-14H,6-11H2,1H3,(H,24,25)(H,26,29). The molecule has 0 atom stereocenters. The number of pyridine rings is 2.